The van der Waals surface area contributed by atoms with Crippen molar-refractivity contribution in [3.63, 3.8) is 0 Å². The number of imidazole rings is 1. The molecule has 11 heteroatoms. The SMILES string of the molecule is COc1ccc(CC(N)C(=O)NC2CCOC(n3cnc4c(N(C)C)ncnc43)C2O)cc1. The standard InChI is InChI=1S/C22H29N7O4/c1-28(2)19-17-20(25-11-24-19)29(12-26-17)22-18(30)16(8-9-33-22)27-21(31)15(23)10-13-4-6-14(32-3)7-5-13/h4-7,11-12,15-16,18,22,30H,8-10,23H2,1-3H3,(H,27,31). The predicted octanol–water partition coefficient (Wildman–Crippen LogP) is 0.236. The predicted molar refractivity (Wildman–Crippen MR) is 122 cm³/mol. The van der Waals surface area contributed by atoms with Gasteiger partial charge in [0, 0.05) is 14.1 Å². The van der Waals surface area contributed by atoms with Crippen LogP contribution in [0.3, 0.4) is 0 Å². The van der Waals surface area contributed by atoms with Crippen molar-refractivity contribution in [2.24, 2.45) is 5.73 Å². The van der Waals surface area contributed by atoms with E-state index in [4.69, 9.17) is 15.2 Å². The number of fused-ring (bicyclic) bond motifs is 1. The maximum absolute atomic E-state index is 12.8. The molecule has 1 saturated heterocycles. The minimum absolute atomic E-state index is 0.330. The molecule has 4 N–H and O–H groups in total. The third-order valence-corrected chi connectivity index (χ3v) is 5.74. The lowest BCUT2D eigenvalue weighted by atomic mass is 10.0. The van der Waals surface area contributed by atoms with Gasteiger partial charge in [0.15, 0.2) is 23.2 Å². The minimum Gasteiger partial charge on any atom is -0.497 e. The van der Waals surface area contributed by atoms with Crippen molar-refractivity contribution in [2.75, 3.05) is 32.7 Å². The molecule has 11 nitrogen and oxygen atoms in total. The molecule has 0 saturated carbocycles. The lowest BCUT2D eigenvalue weighted by Gasteiger charge is -2.36. The molecular weight excluding hydrogens is 426 g/mol. The van der Waals surface area contributed by atoms with Crippen LogP contribution in [0.4, 0.5) is 5.82 Å². The first-order chi connectivity index (χ1) is 15.9. The van der Waals surface area contributed by atoms with Crippen molar-refractivity contribution in [3.05, 3.63) is 42.5 Å². The maximum atomic E-state index is 12.8. The van der Waals surface area contributed by atoms with Crippen LogP contribution in [-0.4, -0.2) is 76.5 Å². The number of benzene rings is 1. The van der Waals surface area contributed by atoms with Gasteiger partial charge in [0.25, 0.3) is 0 Å². The number of aliphatic hydroxyl groups excluding tert-OH is 1. The summed E-state index contributed by atoms with van der Waals surface area (Å²) in [5, 5.41) is 13.9. The number of carbonyl (C=O) groups is 1. The Morgan fingerprint density at radius 1 is 1.33 bits per heavy atom. The number of aromatic nitrogens is 4. The maximum Gasteiger partial charge on any atom is 0.237 e. The van der Waals surface area contributed by atoms with E-state index in [0.717, 1.165) is 11.3 Å². The van der Waals surface area contributed by atoms with E-state index in [9.17, 15) is 9.90 Å². The zero-order valence-corrected chi connectivity index (χ0v) is 18.9. The largest absolute Gasteiger partial charge is 0.497 e. The summed E-state index contributed by atoms with van der Waals surface area (Å²) in [5.41, 5.74) is 8.20. The first-order valence-corrected chi connectivity index (χ1v) is 10.7. The molecule has 1 amide bonds. The number of nitrogens with two attached hydrogens (primary N) is 1. The zero-order valence-electron chi connectivity index (χ0n) is 18.9. The van der Waals surface area contributed by atoms with Gasteiger partial charge in [0.2, 0.25) is 5.91 Å². The lowest BCUT2D eigenvalue weighted by Crippen LogP contribution is -2.55. The second-order valence-electron chi connectivity index (χ2n) is 8.23. The number of nitrogens with one attached hydrogen (secondary N) is 1. The number of amides is 1. The van der Waals surface area contributed by atoms with E-state index in [0.29, 0.717) is 36.4 Å². The van der Waals surface area contributed by atoms with Gasteiger partial charge in [-0.3, -0.25) is 9.36 Å². The Balaban J connectivity index is 1.45. The van der Waals surface area contributed by atoms with Crippen LogP contribution >= 0.6 is 0 Å². The Morgan fingerprint density at radius 3 is 2.79 bits per heavy atom. The Morgan fingerprint density at radius 2 is 2.09 bits per heavy atom. The first-order valence-electron chi connectivity index (χ1n) is 10.7. The van der Waals surface area contributed by atoms with Crippen molar-refractivity contribution < 1.29 is 19.4 Å². The summed E-state index contributed by atoms with van der Waals surface area (Å²) in [6.45, 7) is 0.353. The Hall–Kier alpha value is -3.28. The normalized spacial score (nSPS) is 21.5. The van der Waals surface area contributed by atoms with Crippen LogP contribution in [0.1, 0.15) is 18.2 Å². The topological polar surface area (TPSA) is 141 Å². The molecule has 0 spiro atoms. The molecular formula is C22H29N7O4. The van der Waals surface area contributed by atoms with Gasteiger partial charge in [-0.05, 0) is 30.5 Å². The van der Waals surface area contributed by atoms with Gasteiger partial charge in [0.05, 0.1) is 32.1 Å². The quantitative estimate of drug-likeness (QED) is 0.457. The van der Waals surface area contributed by atoms with Crippen molar-refractivity contribution >= 4 is 22.9 Å². The van der Waals surface area contributed by atoms with Crippen molar-refractivity contribution in [1.29, 1.82) is 0 Å². The van der Waals surface area contributed by atoms with E-state index in [2.05, 4.69) is 20.3 Å². The zero-order chi connectivity index (χ0) is 23.5. The number of hydrogen-bond donors (Lipinski definition) is 3. The number of anilines is 1. The molecule has 4 rings (SSSR count). The van der Waals surface area contributed by atoms with Crippen LogP contribution in [-0.2, 0) is 16.0 Å². The number of ether oxygens (including phenoxy) is 2. The van der Waals surface area contributed by atoms with E-state index in [1.54, 1.807) is 18.0 Å². The molecule has 176 valence electrons. The second-order valence-corrected chi connectivity index (χ2v) is 8.23. The van der Waals surface area contributed by atoms with Crippen LogP contribution in [0.2, 0.25) is 0 Å². The average Bonchev–Trinajstić information content (AvgIpc) is 3.24. The molecule has 1 fully saturated rings. The Kier molecular flexibility index (Phi) is 6.72. The van der Waals surface area contributed by atoms with Gasteiger partial charge >= 0.3 is 0 Å². The summed E-state index contributed by atoms with van der Waals surface area (Å²) in [4.78, 5) is 27.6. The van der Waals surface area contributed by atoms with E-state index in [1.165, 1.54) is 6.33 Å². The number of carbonyl (C=O) groups excluding carboxylic acids is 1. The molecule has 3 heterocycles. The van der Waals surface area contributed by atoms with Crippen LogP contribution in [0.15, 0.2) is 36.9 Å². The number of hydrogen-bond acceptors (Lipinski definition) is 9. The molecule has 1 aromatic carbocycles. The van der Waals surface area contributed by atoms with E-state index in [-0.39, 0.29) is 5.91 Å². The highest BCUT2D eigenvalue weighted by Gasteiger charge is 2.36. The molecule has 2 aromatic heterocycles. The van der Waals surface area contributed by atoms with Crippen LogP contribution < -0.4 is 20.7 Å². The summed E-state index contributed by atoms with van der Waals surface area (Å²) in [6, 6.07) is 6.13. The fraction of sp³-hybridized carbons (Fsp3) is 0.455. The molecule has 1 aliphatic heterocycles. The Labute approximate surface area is 191 Å². The Bertz CT molecular complexity index is 1100. The third kappa shape index (κ3) is 4.75. The van der Waals surface area contributed by atoms with Gasteiger partial charge in [-0.2, -0.15) is 0 Å². The molecule has 4 atom stereocenters. The number of methoxy groups -OCH3 is 1. The molecule has 0 radical (unpaired) electrons. The number of rotatable bonds is 7. The molecule has 33 heavy (non-hydrogen) atoms. The van der Waals surface area contributed by atoms with Gasteiger partial charge in [-0.25, -0.2) is 15.0 Å². The molecule has 3 aromatic rings. The summed E-state index contributed by atoms with van der Waals surface area (Å²) < 4.78 is 12.7. The summed E-state index contributed by atoms with van der Waals surface area (Å²) in [6.07, 6.45) is 2.09. The van der Waals surface area contributed by atoms with Gasteiger partial charge in [-0.15, -0.1) is 0 Å². The van der Waals surface area contributed by atoms with Crippen LogP contribution in [0.5, 0.6) is 5.75 Å². The van der Waals surface area contributed by atoms with Crippen molar-refractivity contribution in [3.8, 4) is 5.75 Å². The fourth-order valence-corrected chi connectivity index (χ4v) is 3.94. The molecule has 0 bridgehead atoms. The molecule has 0 aliphatic carbocycles. The van der Waals surface area contributed by atoms with Crippen molar-refractivity contribution in [1.82, 2.24) is 24.8 Å². The fourth-order valence-electron chi connectivity index (χ4n) is 3.94. The van der Waals surface area contributed by atoms with E-state index in [1.807, 2.05) is 43.3 Å². The third-order valence-electron chi connectivity index (χ3n) is 5.74. The number of aliphatic hydroxyl groups is 1. The van der Waals surface area contributed by atoms with E-state index < -0.39 is 24.4 Å². The first kappa shape index (κ1) is 22.9. The van der Waals surface area contributed by atoms with Gasteiger partial charge < -0.3 is 30.5 Å². The number of nitrogens with zero attached hydrogens (tertiary/aromatic N) is 5. The average molecular weight is 456 g/mol. The highest BCUT2D eigenvalue weighted by atomic mass is 16.5. The monoisotopic (exact) mass is 455 g/mol. The molecule has 4 unspecified atom stereocenters. The van der Waals surface area contributed by atoms with Crippen LogP contribution in [0, 0.1) is 0 Å². The van der Waals surface area contributed by atoms with Gasteiger partial charge in [-0.1, -0.05) is 12.1 Å². The second kappa shape index (κ2) is 9.69. The van der Waals surface area contributed by atoms with Crippen molar-refractivity contribution in [2.45, 2.75) is 37.3 Å². The summed E-state index contributed by atoms with van der Waals surface area (Å²) in [5.74, 6) is 1.07. The van der Waals surface area contributed by atoms with Crippen LogP contribution in [0.25, 0.3) is 11.2 Å². The minimum atomic E-state index is -1.01. The highest BCUT2D eigenvalue weighted by molar-refractivity contribution is 5.83. The summed E-state index contributed by atoms with van der Waals surface area (Å²) >= 11 is 0. The van der Waals surface area contributed by atoms with Gasteiger partial charge in [0.1, 0.15) is 18.2 Å². The molecule has 1 aliphatic rings. The highest BCUT2D eigenvalue weighted by Crippen LogP contribution is 2.28. The summed E-state index contributed by atoms with van der Waals surface area (Å²) in [7, 11) is 5.34. The van der Waals surface area contributed by atoms with E-state index >= 15 is 0 Å². The lowest BCUT2D eigenvalue weighted by molar-refractivity contribution is -0.139. The smallest absolute Gasteiger partial charge is 0.237 e.